The lowest BCUT2D eigenvalue weighted by atomic mass is 10.1. The van der Waals surface area contributed by atoms with Crippen molar-refractivity contribution < 1.29 is 9.18 Å². The summed E-state index contributed by atoms with van der Waals surface area (Å²) >= 11 is 5.86. The first-order chi connectivity index (χ1) is 10.1. The molecule has 0 unspecified atom stereocenters. The predicted molar refractivity (Wildman–Crippen MR) is 80.8 cm³/mol. The summed E-state index contributed by atoms with van der Waals surface area (Å²) in [6.45, 7) is 0. The maximum Gasteiger partial charge on any atom is 0.224 e. The number of benzene rings is 2. The highest BCUT2D eigenvalue weighted by Crippen LogP contribution is 2.41. The molecule has 1 fully saturated rings. The van der Waals surface area contributed by atoms with Gasteiger partial charge in [0, 0.05) is 17.0 Å². The van der Waals surface area contributed by atoms with E-state index in [1.807, 2.05) is 24.3 Å². The van der Waals surface area contributed by atoms with Gasteiger partial charge >= 0.3 is 0 Å². The molecule has 0 aromatic heterocycles. The van der Waals surface area contributed by atoms with Crippen LogP contribution in [-0.2, 0) is 11.2 Å². The van der Waals surface area contributed by atoms with Gasteiger partial charge in [-0.2, -0.15) is 0 Å². The van der Waals surface area contributed by atoms with Gasteiger partial charge in [-0.25, -0.2) is 4.39 Å². The Hall–Kier alpha value is -1.87. The number of nitrogens with one attached hydrogen (secondary N) is 1. The SMILES string of the molecule is O=C(Cc1ccccc1F)N[C@@H]1C[C@H]1c1ccc(Cl)cc1. The number of hydrogen-bond donors (Lipinski definition) is 1. The first-order valence-corrected chi connectivity index (χ1v) is 7.29. The summed E-state index contributed by atoms with van der Waals surface area (Å²) in [5.74, 6) is -0.133. The molecule has 108 valence electrons. The first-order valence-electron chi connectivity index (χ1n) is 6.92. The van der Waals surface area contributed by atoms with Gasteiger partial charge < -0.3 is 5.32 Å². The fourth-order valence-electron chi connectivity index (χ4n) is 2.51. The largest absolute Gasteiger partial charge is 0.352 e. The van der Waals surface area contributed by atoms with Crippen molar-refractivity contribution in [1.29, 1.82) is 0 Å². The van der Waals surface area contributed by atoms with Crippen LogP contribution in [0.5, 0.6) is 0 Å². The fourth-order valence-corrected chi connectivity index (χ4v) is 2.63. The average Bonchev–Trinajstić information content (AvgIpc) is 3.21. The zero-order valence-corrected chi connectivity index (χ0v) is 12.1. The van der Waals surface area contributed by atoms with Crippen LogP contribution in [0.1, 0.15) is 23.5 Å². The minimum atomic E-state index is -0.335. The van der Waals surface area contributed by atoms with E-state index in [2.05, 4.69) is 5.32 Å². The highest BCUT2D eigenvalue weighted by molar-refractivity contribution is 6.30. The molecule has 0 bridgehead atoms. The molecule has 0 aliphatic heterocycles. The van der Waals surface area contributed by atoms with E-state index in [9.17, 15) is 9.18 Å². The zero-order valence-electron chi connectivity index (χ0n) is 11.4. The van der Waals surface area contributed by atoms with Crippen LogP contribution in [-0.4, -0.2) is 11.9 Å². The summed E-state index contributed by atoms with van der Waals surface area (Å²) < 4.78 is 13.5. The van der Waals surface area contributed by atoms with Gasteiger partial charge in [-0.3, -0.25) is 4.79 Å². The van der Waals surface area contributed by atoms with Crippen molar-refractivity contribution in [2.45, 2.75) is 24.8 Å². The molecule has 0 saturated heterocycles. The molecule has 1 aliphatic carbocycles. The molecule has 1 saturated carbocycles. The number of hydrogen-bond acceptors (Lipinski definition) is 1. The van der Waals surface area contributed by atoms with Gasteiger partial charge in [-0.1, -0.05) is 41.9 Å². The number of carbonyl (C=O) groups is 1. The topological polar surface area (TPSA) is 29.1 Å². The Balaban J connectivity index is 1.55. The number of carbonyl (C=O) groups excluding carboxylic acids is 1. The molecule has 1 N–H and O–H groups in total. The molecule has 1 amide bonds. The van der Waals surface area contributed by atoms with Crippen molar-refractivity contribution in [2.24, 2.45) is 0 Å². The van der Waals surface area contributed by atoms with Gasteiger partial charge in [-0.15, -0.1) is 0 Å². The lowest BCUT2D eigenvalue weighted by Gasteiger charge is -2.06. The van der Waals surface area contributed by atoms with Gasteiger partial charge in [0.15, 0.2) is 0 Å². The van der Waals surface area contributed by atoms with E-state index in [1.54, 1.807) is 18.2 Å². The van der Waals surface area contributed by atoms with Gasteiger partial charge in [0.05, 0.1) is 6.42 Å². The van der Waals surface area contributed by atoms with E-state index in [-0.39, 0.29) is 24.2 Å². The number of amides is 1. The summed E-state index contributed by atoms with van der Waals surface area (Å²) in [6, 6.07) is 14.2. The molecule has 3 rings (SSSR count). The summed E-state index contributed by atoms with van der Waals surface area (Å²) in [7, 11) is 0. The second-order valence-electron chi connectivity index (χ2n) is 5.34. The van der Waals surface area contributed by atoms with Gasteiger partial charge in [-0.05, 0) is 35.7 Å². The summed E-state index contributed by atoms with van der Waals surface area (Å²) in [5, 5.41) is 3.66. The fraction of sp³-hybridized carbons (Fsp3) is 0.235. The Morgan fingerprint density at radius 1 is 1.19 bits per heavy atom. The van der Waals surface area contributed by atoms with Gasteiger partial charge in [0.2, 0.25) is 5.91 Å². The monoisotopic (exact) mass is 303 g/mol. The normalized spacial score (nSPS) is 20.1. The van der Waals surface area contributed by atoms with E-state index in [1.165, 1.54) is 11.6 Å². The number of rotatable bonds is 4. The molecule has 2 atom stereocenters. The van der Waals surface area contributed by atoms with Crippen LogP contribution in [0.4, 0.5) is 4.39 Å². The van der Waals surface area contributed by atoms with Gasteiger partial charge in [0.1, 0.15) is 5.82 Å². The van der Waals surface area contributed by atoms with Crippen LogP contribution in [0.25, 0.3) is 0 Å². The van der Waals surface area contributed by atoms with E-state index in [0.717, 1.165) is 6.42 Å². The lowest BCUT2D eigenvalue weighted by Crippen LogP contribution is -2.28. The third-order valence-electron chi connectivity index (χ3n) is 3.74. The second kappa shape index (κ2) is 5.86. The molecule has 2 aromatic carbocycles. The Labute approximate surface area is 127 Å². The van der Waals surface area contributed by atoms with E-state index in [4.69, 9.17) is 11.6 Å². The summed E-state index contributed by atoms with van der Waals surface area (Å²) in [6.07, 6.45) is 1.00. The standard InChI is InChI=1S/C17H15ClFNO/c18-13-7-5-11(6-8-13)14-10-16(14)20-17(21)9-12-3-1-2-4-15(12)19/h1-8,14,16H,9-10H2,(H,20,21)/t14-,16+/m0/s1. The van der Waals surface area contributed by atoms with E-state index >= 15 is 0 Å². The van der Waals surface area contributed by atoms with Crippen LogP contribution >= 0.6 is 11.6 Å². The third kappa shape index (κ3) is 3.42. The Morgan fingerprint density at radius 2 is 1.90 bits per heavy atom. The van der Waals surface area contributed by atoms with Crippen molar-refractivity contribution in [3.63, 3.8) is 0 Å². The minimum absolute atomic E-state index is 0.0799. The average molecular weight is 304 g/mol. The lowest BCUT2D eigenvalue weighted by molar-refractivity contribution is -0.120. The maximum absolute atomic E-state index is 13.5. The molecule has 1 aliphatic rings. The van der Waals surface area contributed by atoms with Crippen LogP contribution < -0.4 is 5.32 Å². The van der Waals surface area contributed by atoms with Crippen LogP contribution in [0.15, 0.2) is 48.5 Å². The zero-order chi connectivity index (χ0) is 14.8. The van der Waals surface area contributed by atoms with Crippen molar-refractivity contribution in [3.8, 4) is 0 Å². The van der Waals surface area contributed by atoms with Crippen molar-refractivity contribution in [2.75, 3.05) is 0 Å². The molecule has 2 nitrogen and oxygen atoms in total. The van der Waals surface area contributed by atoms with E-state index < -0.39 is 0 Å². The minimum Gasteiger partial charge on any atom is -0.352 e. The third-order valence-corrected chi connectivity index (χ3v) is 4.00. The highest BCUT2D eigenvalue weighted by Gasteiger charge is 2.39. The van der Waals surface area contributed by atoms with Gasteiger partial charge in [0.25, 0.3) is 0 Å². The van der Waals surface area contributed by atoms with E-state index in [0.29, 0.717) is 16.5 Å². The summed E-state index contributed by atoms with van der Waals surface area (Å²) in [4.78, 5) is 11.9. The molecule has 0 spiro atoms. The van der Waals surface area contributed by atoms with Crippen LogP contribution in [0, 0.1) is 5.82 Å². The first kappa shape index (κ1) is 14.1. The number of halogens is 2. The molecule has 0 radical (unpaired) electrons. The quantitative estimate of drug-likeness (QED) is 0.917. The maximum atomic E-state index is 13.5. The summed E-state index contributed by atoms with van der Waals surface area (Å²) in [5.41, 5.74) is 1.61. The van der Waals surface area contributed by atoms with Crippen molar-refractivity contribution >= 4 is 17.5 Å². The second-order valence-corrected chi connectivity index (χ2v) is 5.77. The molecule has 2 aromatic rings. The van der Waals surface area contributed by atoms with Crippen LogP contribution in [0.2, 0.25) is 5.02 Å². The molecular weight excluding hydrogens is 289 g/mol. The smallest absolute Gasteiger partial charge is 0.224 e. The predicted octanol–water partition coefficient (Wildman–Crippen LogP) is 3.69. The molecule has 4 heteroatoms. The van der Waals surface area contributed by atoms with Crippen molar-refractivity contribution in [1.82, 2.24) is 5.32 Å². The molecule has 0 heterocycles. The molecule has 21 heavy (non-hydrogen) atoms. The van der Waals surface area contributed by atoms with Crippen molar-refractivity contribution in [3.05, 3.63) is 70.5 Å². The highest BCUT2D eigenvalue weighted by atomic mass is 35.5. The van der Waals surface area contributed by atoms with Crippen LogP contribution in [0.3, 0.4) is 0 Å². The Kier molecular flexibility index (Phi) is 3.93. The Bertz CT molecular complexity index is 656. The molecular formula is C17H15ClFNO. The Morgan fingerprint density at radius 3 is 2.62 bits per heavy atom.